The van der Waals surface area contributed by atoms with E-state index in [1.165, 1.54) is 6.07 Å². The molecule has 0 amide bonds. The van der Waals surface area contributed by atoms with Gasteiger partial charge in [-0.3, -0.25) is 0 Å². The van der Waals surface area contributed by atoms with E-state index in [1.54, 1.807) is 6.07 Å². The zero-order valence-electron chi connectivity index (χ0n) is 11.3. The van der Waals surface area contributed by atoms with Crippen molar-refractivity contribution in [2.24, 2.45) is 5.73 Å². The molecule has 2 rings (SSSR count). The first-order valence-corrected chi connectivity index (χ1v) is 7.32. The van der Waals surface area contributed by atoms with Gasteiger partial charge in [0.1, 0.15) is 18.2 Å². The van der Waals surface area contributed by atoms with Crippen molar-refractivity contribution in [1.82, 2.24) is 0 Å². The molecule has 0 aliphatic carbocycles. The quantitative estimate of drug-likeness (QED) is 0.866. The first-order valence-electron chi connectivity index (χ1n) is 6.53. The highest BCUT2D eigenvalue weighted by molar-refractivity contribution is 9.10. The first-order chi connectivity index (χ1) is 9.61. The van der Waals surface area contributed by atoms with Crippen molar-refractivity contribution in [3.8, 4) is 5.75 Å². The Hall–Kier alpha value is -1.39. The number of ether oxygens (including phenoxy) is 1. The van der Waals surface area contributed by atoms with Gasteiger partial charge in [0.25, 0.3) is 0 Å². The average molecular weight is 338 g/mol. The van der Waals surface area contributed by atoms with Crippen molar-refractivity contribution in [3.63, 3.8) is 0 Å². The summed E-state index contributed by atoms with van der Waals surface area (Å²) in [5, 5.41) is 0. The molecule has 2 nitrogen and oxygen atoms in total. The normalized spacial score (nSPS) is 12.2. The van der Waals surface area contributed by atoms with Crippen molar-refractivity contribution >= 4 is 15.9 Å². The van der Waals surface area contributed by atoms with E-state index in [9.17, 15) is 4.39 Å². The van der Waals surface area contributed by atoms with Crippen molar-refractivity contribution in [2.45, 2.75) is 26.0 Å². The monoisotopic (exact) mass is 337 g/mol. The third-order valence-electron chi connectivity index (χ3n) is 3.17. The van der Waals surface area contributed by atoms with Crippen molar-refractivity contribution in [1.29, 1.82) is 0 Å². The lowest BCUT2D eigenvalue weighted by Gasteiger charge is -2.11. The molecule has 1 atom stereocenters. The SMILES string of the molecule is CC[C@@H](N)c1ccc(OCc2cccc(F)c2Br)cc1. The first kappa shape index (κ1) is 15.0. The molecular formula is C16H17BrFNO. The number of rotatable bonds is 5. The molecule has 0 radical (unpaired) electrons. The number of halogens is 2. The third kappa shape index (κ3) is 3.58. The summed E-state index contributed by atoms with van der Waals surface area (Å²) in [6.45, 7) is 2.37. The summed E-state index contributed by atoms with van der Waals surface area (Å²) in [7, 11) is 0. The van der Waals surface area contributed by atoms with E-state index in [0.29, 0.717) is 11.1 Å². The Bertz CT molecular complexity index is 571. The molecule has 2 N–H and O–H groups in total. The summed E-state index contributed by atoms with van der Waals surface area (Å²) in [6, 6.07) is 12.7. The molecule has 4 heteroatoms. The van der Waals surface area contributed by atoms with Gasteiger partial charge in [0.15, 0.2) is 0 Å². The molecule has 0 saturated heterocycles. The maximum atomic E-state index is 13.4. The zero-order chi connectivity index (χ0) is 14.5. The van der Waals surface area contributed by atoms with Gasteiger partial charge >= 0.3 is 0 Å². The Balaban J connectivity index is 2.02. The highest BCUT2D eigenvalue weighted by Gasteiger charge is 2.06. The second-order valence-electron chi connectivity index (χ2n) is 4.59. The predicted octanol–water partition coefficient (Wildman–Crippen LogP) is 4.58. The number of hydrogen-bond acceptors (Lipinski definition) is 2. The van der Waals surface area contributed by atoms with Crippen LogP contribution < -0.4 is 10.5 Å². The maximum absolute atomic E-state index is 13.4. The molecule has 2 aromatic carbocycles. The van der Waals surface area contributed by atoms with Gasteiger partial charge in [-0.2, -0.15) is 0 Å². The molecule has 0 aliphatic rings. The van der Waals surface area contributed by atoms with E-state index >= 15 is 0 Å². The van der Waals surface area contributed by atoms with Gasteiger partial charge in [-0.25, -0.2) is 4.39 Å². The zero-order valence-corrected chi connectivity index (χ0v) is 12.9. The van der Waals surface area contributed by atoms with Crippen molar-refractivity contribution in [3.05, 3.63) is 63.9 Å². The van der Waals surface area contributed by atoms with E-state index in [1.807, 2.05) is 30.3 Å². The third-order valence-corrected chi connectivity index (χ3v) is 4.06. The topological polar surface area (TPSA) is 35.2 Å². The fourth-order valence-corrected chi connectivity index (χ4v) is 2.25. The van der Waals surface area contributed by atoms with Crippen LogP contribution in [0.4, 0.5) is 4.39 Å². The summed E-state index contributed by atoms with van der Waals surface area (Å²) in [5.41, 5.74) is 7.82. The van der Waals surface area contributed by atoms with Gasteiger partial charge in [-0.15, -0.1) is 0 Å². The Kier molecular flexibility index (Phi) is 5.15. The minimum absolute atomic E-state index is 0.0569. The summed E-state index contributed by atoms with van der Waals surface area (Å²) in [5.74, 6) is 0.462. The lowest BCUT2D eigenvalue weighted by molar-refractivity contribution is 0.304. The summed E-state index contributed by atoms with van der Waals surface area (Å²) in [4.78, 5) is 0. The van der Waals surface area contributed by atoms with Crippen LogP contribution in [0, 0.1) is 5.82 Å². The van der Waals surface area contributed by atoms with Crippen molar-refractivity contribution in [2.75, 3.05) is 0 Å². The van der Waals surface area contributed by atoms with Gasteiger partial charge in [-0.1, -0.05) is 31.2 Å². The van der Waals surface area contributed by atoms with Crippen LogP contribution in [0.25, 0.3) is 0 Å². The molecule has 0 fully saturated rings. The molecule has 0 bridgehead atoms. The Morgan fingerprint density at radius 1 is 1.20 bits per heavy atom. The highest BCUT2D eigenvalue weighted by Crippen LogP contribution is 2.23. The van der Waals surface area contributed by atoms with Crippen LogP contribution in [0.15, 0.2) is 46.9 Å². The smallest absolute Gasteiger partial charge is 0.137 e. The van der Waals surface area contributed by atoms with Gasteiger partial charge in [-0.05, 0) is 46.1 Å². The standard InChI is InChI=1S/C16H17BrFNO/c1-2-15(19)11-6-8-13(9-7-11)20-10-12-4-3-5-14(18)16(12)17/h3-9,15H,2,10,19H2,1H3/t15-/m1/s1. The van der Waals surface area contributed by atoms with Gasteiger partial charge in [0.05, 0.1) is 4.47 Å². The van der Waals surface area contributed by atoms with Crippen LogP contribution in [0.5, 0.6) is 5.75 Å². The molecular weight excluding hydrogens is 321 g/mol. The molecule has 20 heavy (non-hydrogen) atoms. The molecule has 0 aromatic heterocycles. The Morgan fingerprint density at radius 2 is 1.90 bits per heavy atom. The van der Waals surface area contributed by atoms with Gasteiger partial charge < -0.3 is 10.5 Å². The number of nitrogens with two attached hydrogens (primary N) is 1. The van der Waals surface area contributed by atoms with Crippen LogP contribution in [0.2, 0.25) is 0 Å². The predicted molar refractivity (Wildman–Crippen MR) is 82.1 cm³/mol. The molecule has 0 heterocycles. The fraction of sp³-hybridized carbons (Fsp3) is 0.250. The lowest BCUT2D eigenvalue weighted by Crippen LogP contribution is -2.08. The van der Waals surface area contributed by atoms with E-state index in [0.717, 1.165) is 23.3 Å². The Labute approximate surface area is 126 Å². The van der Waals surface area contributed by atoms with E-state index in [2.05, 4.69) is 22.9 Å². The fourth-order valence-electron chi connectivity index (χ4n) is 1.87. The number of hydrogen-bond donors (Lipinski definition) is 1. The van der Waals surface area contributed by atoms with Crippen LogP contribution >= 0.6 is 15.9 Å². The molecule has 0 aliphatic heterocycles. The summed E-state index contributed by atoms with van der Waals surface area (Å²) < 4.78 is 19.5. The minimum Gasteiger partial charge on any atom is -0.489 e. The molecule has 0 spiro atoms. The van der Waals surface area contributed by atoms with Crippen LogP contribution in [-0.4, -0.2) is 0 Å². The minimum atomic E-state index is -0.282. The second-order valence-corrected chi connectivity index (χ2v) is 5.38. The Morgan fingerprint density at radius 3 is 2.55 bits per heavy atom. The summed E-state index contributed by atoms with van der Waals surface area (Å²) >= 11 is 3.22. The maximum Gasteiger partial charge on any atom is 0.137 e. The van der Waals surface area contributed by atoms with Crippen LogP contribution in [-0.2, 0) is 6.61 Å². The molecule has 0 saturated carbocycles. The average Bonchev–Trinajstić information content (AvgIpc) is 2.48. The lowest BCUT2D eigenvalue weighted by atomic mass is 10.1. The van der Waals surface area contributed by atoms with Crippen molar-refractivity contribution < 1.29 is 9.13 Å². The molecule has 0 unspecified atom stereocenters. The largest absolute Gasteiger partial charge is 0.489 e. The summed E-state index contributed by atoms with van der Waals surface area (Å²) in [6.07, 6.45) is 0.899. The van der Waals surface area contributed by atoms with E-state index in [4.69, 9.17) is 10.5 Å². The van der Waals surface area contributed by atoms with E-state index in [-0.39, 0.29) is 11.9 Å². The highest BCUT2D eigenvalue weighted by atomic mass is 79.9. The van der Waals surface area contributed by atoms with Gasteiger partial charge in [0.2, 0.25) is 0 Å². The molecule has 106 valence electrons. The number of benzene rings is 2. The van der Waals surface area contributed by atoms with Crippen LogP contribution in [0.3, 0.4) is 0 Å². The van der Waals surface area contributed by atoms with Crippen LogP contribution in [0.1, 0.15) is 30.5 Å². The second kappa shape index (κ2) is 6.86. The van der Waals surface area contributed by atoms with Gasteiger partial charge in [0, 0.05) is 11.6 Å². The van der Waals surface area contributed by atoms with E-state index < -0.39 is 0 Å². The molecule has 2 aromatic rings.